The zero-order valence-corrected chi connectivity index (χ0v) is 24.1. The first-order valence-electron chi connectivity index (χ1n) is 8.73. The second-order valence-electron chi connectivity index (χ2n) is 5.84. The Morgan fingerprint density at radius 1 is 0.500 bits per heavy atom. The summed E-state index contributed by atoms with van der Waals surface area (Å²) in [4.78, 5) is 12.6. The Morgan fingerprint density at radius 3 is 0.900 bits per heavy atom. The van der Waals surface area contributed by atoms with Crippen LogP contribution < -0.4 is 14.2 Å². The third-order valence-electron chi connectivity index (χ3n) is 3.52. The van der Waals surface area contributed by atoms with E-state index in [9.17, 15) is 0 Å². The van der Waals surface area contributed by atoms with Gasteiger partial charge >= 0.3 is 0 Å². The Morgan fingerprint density at radius 2 is 0.733 bits per heavy atom. The van der Waals surface area contributed by atoms with E-state index >= 15 is 0 Å². The summed E-state index contributed by atoms with van der Waals surface area (Å²) < 4.78 is 17.8. The highest BCUT2D eigenvalue weighted by Crippen LogP contribution is 2.18. The van der Waals surface area contributed by atoms with Crippen molar-refractivity contribution in [2.45, 2.75) is 20.8 Å². The average Bonchev–Trinajstić information content (AvgIpc) is 2.69. The largest absolute Gasteiger partial charge is 0.494 e. The molecule has 0 fully saturated rings. The zero-order chi connectivity index (χ0) is 22.7. The van der Waals surface area contributed by atoms with Crippen molar-refractivity contribution in [3.05, 3.63) is 64.6 Å². The summed E-state index contributed by atoms with van der Waals surface area (Å²) in [7, 11) is 4.94. The predicted octanol–water partition coefficient (Wildman–Crippen LogP) is 6.01. The number of hydrogen-bond donors (Lipinski definition) is 0. The number of aryl methyl sites for hydroxylation is 3. The van der Waals surface area contributed by atoms with Crippen LogP contribution in [0.25, 0.3) is 0 Å². The second-order valence-corrected chi connectivity index (χ2v) is 8.90. The van der Waals surface area contributed by atoms with Crippen LogP contribution in [-0.4, -0.2) is 36.3 Å². The van der Waals surface area contributed by atoms with Crippen molar-refractivity contribution >= 4 is 67.8 Å². The van der Waals surface area contributed by atoms with Crippen LogP contribution in [0.2, 0.25) is 0 Å². The summed E-state index contributed by atoms with van der Waals surface area (Å²) in [5.41, 5.74) is 3.06. The van der Waals surface area contributed by atoms with Gasteiger partial charge in [-0.1, -0.05) is 0 Å². The third-order valence-corrected chi connectivity index (χ3v) is 5.84. The van der Waals surface area contributed by atoms with Gasteiger partial charge in [0.05, 0.1) is 21.3 Å². The number of aromatic nitrogens is 3. The number of ether oxygens (including phenoxy) is 3. The molecule has 0 unspecified atom stereocenters. The lowest BCUT2D eigenvalue weighted by Crippen LogP contribution is -1.90. The lowest BCUT2D eigenvalue weighted by Gasteiger charge is -2.01. The molecule has 3 rings (SSSR count). The topological polar surface area (TPSA) is 66.4 Å². The Bertz CT molecular complexity index is 834. The summed E-state index contributed by atoms with van der Waals surface area (Å²) in [5.74, 6) is 2.52. The van der Waals surface area contributed by atoms with Gasteiger partial charge in [-0.25, -0.2) is 15.0 Å². The van der Waals surface area contributed by atoms with Crippen molar-refractivity contribution < 1.29 is 14.2 Å². The van der Waals surface area contributed by atoms with E-state index in [4.69, 9.17) is 14.2 Å². The molecule has 0 spiro atoms. The first kappa shape index (κ1) is 27.1. The lowest BCUT2D eigenvalue weighted by atomic mass is 10.4. The molecule has 9 heteroatoms. The molecule has 0 saturated carbocycles. The van der Waals surface area contributed by atoms with Crippen LogP contribution in [0.1, 0.15) is 17.1 Å². The van der Waals surface area contributed by atoms with E-state index in [1.807, 2.05) is 57.2 Å². The summed E-state index contributed by atoms with van der Waals surface area (Å²) >= 11 is 6.45. The summed E-state index contributed by atoms with van der Waals surface area (Å²) in [5, 5.41) is 0. The number of hydrogen-bond acceptors (Lipinski definition) is 6. The van der Waals surface area contributed by atoms with Crippen LogP contribution in [0, 0.1) is 31.9 Å². The van der Waals surface area contributed by atoms with E-state index in [2.05, 4.69) is 82.7 Å². The van der Waals surface area contributed by atoms with Crippen molar-refractivity contribution in [2.75, 3.05) is 21.3 Å². The van der Waals surface area contributed by atoms with Crippen molar-refractivity contribution in [3.63, 3.8) is 0 Å². The van der Waals surface area contributed by atoms with E-state index in [1.165, 1.54) is 0 Å². The van der Waals surface area contributed by atoms with Gasteiger partial charge in [-0.3, -0.25) is 0 Å². The smallest absolute Gasteiger partial charge is 0.150 e. The highest BCUT2D eigenvalue weighted by Gasteiger charge is 1.99. The Hall–Kier alpha value is -0.960. The SMILES string of the molecule is COc1ccc(C)nc1I.COc1ccc(C)nc1I.COc1ccc(C)nc1I. The normalized spacial score (nSPS) is 9.50. The fourth-order valence-electron chi connectivity index (χ4n) is 1.99. The molecule has 0 atom stereocenters. The molecule has 0 aliphatic carbocycles. The van der Waals surface area contributed by atoms with Crippen LogP contribution in [-0.2, 0) is 0 Å². The molecule has 3 heterocycles. The molecule has 3 aromatic rings. The Labute approximate surface area is 219 Å². The van der Waals surface area contributed by atoms with E-state index in [0.29, 0.717) is 0 Å². The minimum Gasteiger partial charge on any atom is -0.494 e. The van der Waals surface area contributed by atoms with Gasteiger partial charge < -0.3 is 14.2 Å². The van der Waals surface area contributed by atoms with Crippen molar-refractivity contribution in [1.29, 1.82) is 0 Å². The van der Waals surface area contributed by atoms with Crippen molar-refractivity contribution in [3.8, 4) is 17.2 Å². The van der Waals surface area contributed by atoms with Gasteiger partial charge in [0.1, 0.15) is 11.1 Å². The molecular weight excluding hydrogens is 723 g/mol. The van der Waals surface area contributed by atoms with Crippen LogP contribution in [0.15, 0.2) is 36.4 Å². The molecular formula is C21H24I3N3O3. The van der Waals surface area contributed by atoms with Crippen LogP contribution in [0.3, 0.4) is 0 Å². The molecule has 0 saturated heterocycles. The lowest BCUT2D eigenvalue weighted by molar-refractivity contribution is 0.409. The average molecular weight is 747 g/mol. The zero-order valence-electron chi connectivity index (χ0n) is 17.7. The van der Waals surface area contributed by atoms with E-state index in [1.54, 1.807) is 21.3 Å². The maximum Gasteiger partial charge on any atom is 0.150 e. The first-order chi connectivity index (χ1) is 14.2. The first-order valence-corrected chi connectivity index (χ1v) is 12.0. The van der Waals surface area contributed by atoms with Crippen molar-refractivity contribution in [1.82, 2.24) is 15.0 Å². The Kier molecular flexibility index (Phi) is 12.8. The quantitative estimate of drug-likeness (QED) is 0.242. The maximum atomic E-state index is 5.03. The number of halogens is 3. The molecule has 0 amide bonds. The van der Waals surface area contributed by atoms with E-state index in [-0.39, 0.29) is 0 Å². The van der Waals surface area contributed by atoms with Gasteiger partial charge in [0.25, 0.3) is 0 Å². The molecule has 0 aromatic carbocycles. The summed E-state index contributed by atoms with van der Waals surface area (Å²) in [6.45, 7) is 5.88. The van der Waals surface area contributed by atoms with Gasteiger partial charge in [-0.2, -0.15) is 0 Å². The standard InChI is InChI=1S/3C7H8INO/c3*1-5-3-4-6(10-2)7(8)9-5/h3*3-4H,1-2H3. The molecule has 6 nitrogen and oxygen atoms in total. The van der Waals surface area contributed by atoms with Crippen LogP contribution in [0.4, 0.5) is 0 Å². The number of nitrogens with zero attached hydrogens (tertiary/aromatic N) is 3. The fourth-order valence-corrected chi connectivity index (χ4v) is 4.33. The van der Waals surface area contributed by atoms with Crippen LogP contribution >= 0.6 is 67.8 Å². The van der Waals surface area contributed by atoms with Gasteiger partial charge in [-0.15, -0.1) is 0 Å². The van der Waals surface area contributed by atoms with Gasteiger partial charge in [-0.05, 0) is 125 Å². The van der Waals surface area contributed by atoms with Gasteiger partial charge in [0.2, 0.25) is 0 Å². The number of rotatable bonds is 3. The van der Waals surface area contributed by atoms with Crippen molar-refractivity contribution in [2.24, 2.45) is 0 Å². The van der Waals surface area contributed by atoms with Gasteiger partial charge in [0, 0.05) is 17.1 Å². The minimum atomic E-state index is 0.839. The Balaban J connectivity index is 0.000000225. The molecule has 30 heavy (non-hydrogen) atoms. The second kappa shape index (κ2) is 14.2. The van der Waals surface area contributed by atoms with Crippen LogP contribution in [0.5, 0.6) is 17.2 Å². The maximum absolute atomic E-state index is 5.03. The monoisotopic (exact) mass is 747 g/mol. The molecule has 162 valence electrons. The minimum absolute atomic E-state index is 0.839. The molecule has 0 aliphatic rings. The molecule has 0 bridgehead atoms. The third kappa shape index (κ3) is 9.45. The molecule has 3 aromatic heterocycles. The fraction of sp³-hybridized carbons (Fsp3) is 0.286. The predicted molar refractivity (Wildman–Crippen MR) is 145 cm³/mol. The van der Waals surface area contributed by atoms with Gasteiger partial charge in [0.15, 0.2) is 17.2 Å². The highest BCUT2D eigenvalue weighted by molar-refractivity contribution is 14.1. The molecule has 0 aliphatic heterocycles. The molecule has 0 radical (unpaired) electrons. The highest BCUT2D eigenvalue weighted by atomic mass is 127. The number of pyridine rings is 3. The summed E-state index contributed by atoms with van der Waals surface area (Å²) in [6.07, 6.45) is 0. The molecule has 0 N–H and O–H groups in total. The van der Waals surface area contributed by atoms with E-state index in [0.717, 1.165) is 45.4 Å². The van der Waals surface area contributed by atoms with E-state index < -0.39 is 0 Å². The number of methoxy groups -OCH3 is 3. The summed E-state index contributed by atoms with van der Waals surface area (Å²) in [6, 6.07) is 11.6.